The van der Waals surface area contributed by atoms with Gasteiger partial charge in [-0.2, -0.15) is 0 Å². The van der Waals surface area contributed by atoms with E-state index < -0.39 is 0 Å². The van der Waals surface area contributed by atoms with Gasteiger partial charge in [-0.05, 0) is 30.4 Å². The lowest BCUT2D eigenvalue weighted by Crippen LogP contribution is -2.37. The van der Waals surface area contributed by atoms with Crippen LogP contribution in [0.4, 0.5) is 11.4 Å². The monoisotopic (exact) mass is 312 g/mol. The van der Waals surface area contributed by atoms with Gasteiger partial charge in [-0.3, -0.25) is 10.1 Å². The topological polar surface area (TPSA) is 46.4 Å². The lowest BCUT2D eigenvalue weighted by molar-refractivity contribution is -0.384. The van der Waals surface area contributed by atoms with Gasteiger partial charge in [0.15, 0.2) is 0 Å². The second-order valence-electron chi connectivity index (χ2n) is 5.54. The molecule has 4 nitrogen and oxygen atoms in total. The summed E-state index contributed by atoms with van der Waals surface area (Å²) in [5.74, 6) is 0. The second kappa shape index (κ2) is 4.88. The zero-order valence-corrected chi connectivity index (χ0v) is 12.2. The summed E-state index contributed by atoms with van der Waals surface area (Å²) in [5.41, 5.74) is 1.27. The highest BCUT2D eigenvalue weighted by Crippen LogP contribution is 2.36. The van der Waals surface area contributed by atoms with E-state index in [9.17, 15) is 10.1 Å². The molecule has 1 aliphatic rings. The van der Waals surface area contributed by atoms with Crippen molar-refractivity contribution < 1.29 is 4.92 Å². The lowest BCUT2D eigenvalue weighted by Gasteiger charge is -2.37. The molecule has 0 spiro atoms. The Kier molecular flexibility index (Phi) is 3.61. The van der Waals surface area contributed by atoms with Crippen molar-refractivity contribution in [2.75, 3.05) is 18.0 Å². The van der Waals surface area contributed by atoms with Crippen molar-refractivity contribution in [2.24, 2.45) is 5.41 Å². The highest BCUT2D eigenvalue weighted by molar-refractivity contribution is 9.10. The molecule has 0 bridgehead atoms. The minimum Gasteiger partial charge on any atom is -0.366 e. The zero-order valence-electron chi connectivity index (χ0n) is 10.6. The van der Waals surface area contributed by atoms with Gasteiger partial charge in [0.25, 0.3) is 5.69 Å². The van der Waals surface area contributed by atoms with Crippen molar-refractivity contribution in [2.45, 2.75) is 26.7 Å². The van der Waals surface area contributed by atoms with Crippen molar-refractivity contribution in [3.05, 3.63) is 32.8 Å². The minimum absolute atomic E-state index is 0.184. The van der Waals surface area contributed by atoms with E-state index in [2.05, 4.69) is 34.7 Å². The molecule has 1 aliphatic heterocycles. The van der Waals surface area contributed by atoms with E-state index in [0.717, 1.165) is 36.1 Å². The Morgan fingerprint density at radius 1 is 1.33 bits per heavy atom. The molecule has 1 fully saturated rings. The van der Waals surface area contributed by atoms with Crippen LogP contribution in [0.15, 0.2) is 22.7 Å². The summed E-state index contributed by atoms with van der Waals surface area (Å²) in [5, 5.41) is 11.1. The Balaban J connectivity index is 2.26. The van der Waals surface area contributed by atoms with E-state index >= 15 is 0 Å². The molecule has 0 saturated carbocycles. The molecule has 5 heteroatoms. The van der Waals surface area contributed by atoms with Crippen LogP contribution in [0.2, 0.25) is 0 Å². The maximum atomic E-state index is 11.1. The van der Waals surface area contributed by atoms with Crippen molar-refractivity contribution >= 4 is 27.3 Å². The number of anilines is 1. The number of halogens is 1. The molecular formula is C13H17BrN2O2. The predicted molar refractivity (Wildman–Crippen MR) is 76.0 cm³/mol. The van der Waals surface area contributed by atoms with Gasteiger partial charge in [-0.15, -0.1) is 0 Å². The standard InChI is InChI=1S/C13H17BrN2O2/c1-13(2)5-7-15(8-6-13)11-4-3-10(14)9-12(11)16(17)18/h3-4,9H,5-8H2,1-2H3. The molecule has 1 aromatic carbocycles. The SMILES string of the molecule is CC1(C)CCN(c2ccc(Br)cc2[N+](=O)[O-])CC1. The molecule has 2 rings (SSSR count). The van der Waals surface area contributed by atoms with Gasteiger partial charge < -0.3 is 4.90 Å². The van der Waals surface area contributed by atoms with Crippen molar-refractivity contribution in [1.29, 1.82) is 0 Å². The molecule has 18 heavy (non-hydrogen) atoms. The van der Waals surface area contributed by atoms with Crippen molar-refractivity contribution in [1.82, 2.24) is 0 Å². The summed E-state index contributed by atoms with van der Waals surface area (Å²) in [7, 11) is 0. The quantitative estimate of drug-likeness (QED) is 0.613. The molecule has 98 valence electrons. The third-order valence-corrected chi connectivity index (χ3v) is 4.09. The van der Waals surface area contributed by atoms with E-state index in [0.29, 0.717) is 5.41 Å². The van der Waals surface area contributed by atoms with E-state index in [1.54, 1.807) is 6.07 Å². The molecule has 1 heterocycles. The lowest BCUT2D eigenvalue weighted by atomic mass is 9.82. The van der Waals surface area contributed by atoms with Crippen LogP contribution in [0.1, 0.15) is 26.7 Å². The third kappa shape index (κ3) is 2.83. The number of nitrogens with zero attached hydrogens (tertiary/aromatic N) is 2. The molecule has 0 aromatic heterocycles. The fourth-order valence-electron chi connectivity index (χ4n) is 2.26. The van der Waals surface area contributed by atoms with Crippen LogP contribution in [-0.2, 0) is 0 Å². The Hall–Kier alpha value is -1.10. The van der Waals surface area contributed by atoms with Gasteiger partial charge in [0, 0.05) is 23.6 Å². The Labute approximate surface area is 115 Å². The average Bonchev–Trinajstić information content (AvgIpc) is 2.29. The summed E-state index contributed by atoms with van der Waals surface area (Å²) >= 11 is 3.28. The van der Waals surface area contributed by atoms with E-state index in [1.165, 1.54) is 0 Å². The number of nitro groups is 1. The number of piperidine rings is 1. The first kappa shape index (κ1) is 13.3. The first-order valence-electron chi connectivity index (χ1n) is 6.08. The number of hydrogen-bond donors (Lipinski definition) is 0. The van der Waals surface area contributed by atoms with Crippen LogP contribution in [0, 0.1) is 15.5 Å². The molecule has 0 radical (unpaired) electrons. The molecular weight excluding hydrogens is 296 g/mol. The Bertz CT molecular complexity index is 464. The molecule has 0 unspecified atom stereocenters. The number of benzene rings is 1. The van der Waals surface area contributed by atoms with E-state index in [-0.39, 0.29) is 10.6 Å². The number of rotatable bonds is 2. The zero-order chi connectivity index (χ0) is 13.3. The summed E-state index contributed by atoms with van der Waals surface area (Å²) < 4.78 is 0.746. The third-order valence-electron chi connectivity index (χ3n) is 3.59. The summed E-state index contributed by atoms with van der Waals surface area (Å²) in [4.78, 5) is 12.9. The van der Waals surface area contributed by atoms with Crippen molar-refractivity contribution in [3.63, 3.8) is 0 Å². The van der Waals surface area contributed by atoms with Gasteiger partial charge in [0.05, 0.1) is 4.92 Å². The van der Waals surface area contributed by atoms with Crippen molar-refractivity contribution in [3.8, 4) is 0 Å². The highest BCUT2D eigenvalue weighted by atomic mass is 79.9. The first-order chi connectivity index (χ1) is 8.39. The minimum atomic E-state index is -0.306. The van der Waals surface area contributed by atoms with Gasteiger partial charge in [0.1, 0.15) is 5.69 Å². The Morgan fingerprint density at radius 2 is 1.94 bits per heavy atom. The van der Waals surface area contributed by atoms with Crippen LogP contribution < -0.4 is 4.90 Å². The second-order valence-corrected chi connectivity index (χ2v) is 6.46. The largest absolute Gasteiger partial charge is 0.366 e. The number of hydrogen-bond acceptors (Lipinski definition) is 3. The van der Waals surface area contributed by atoms with Gasteiger partial charge in [0.2, 0.25) is 0 Å². The average molecular weight is 313 g/mol. The smallest absolute Gasteiger partial charge is 0.293 e. The van der Waals surface area contributed by atoms with Gasteiger partial charge >= 0.3 is 0 Å². The first-order valence-corrected chi connectivity index (χ1v) is 6.87. The van der Waals surface area contributed by atoms with Crippen LogP contribution in [0.25, 0.3) is 0 Å². The predicted octanol–water partition coefficient (Wildman–Crippen LogP) is 3.98. The molecule has 0 aliphatic carbocycles. The summed E-state index contributed by atoms with van der Waals surface area (Å²) in [6.07, 6.45) is 2.14. The highest BCUT2D eigenvalue weighted by Gasteiger charge is 2.28. The van der Waals surface area contributed by atoms with Crippen LogP contribution >= 0.6 is 15.9 Å². The summed E-state index contributed by atoms with van der Waals surface area (Å²) in [6.45, 7) is 6.27. The van der Waals surface area contributed by atoms with E-state index in [1.807, 2.05) is 12.1 Å². The Morgan fingerprint density at radius 3 is 2.50 bits per heavy atom. The number of nitro benzene ring substituents is 1. The molecule has 0 atom stereocenters. The normalized spacial score (nSPS) is 18.7. The molecule has 1 aromatic rings. The van der Waals surface area contributed by atoms with Crippen LogP contribution in [-0.4, -0.2) is 18.0 Å². The van der Waals surface area contributed by atoms with E-state index in [4.69, 9.17) is 0 Å². The maximum Gasteiger partial charge on any atom is 0.293 e. The van der Waals surface area contributed by atoms with Gasteiger partial charge in [-0.25, -0.2) is 0 Å². The fraction of sp³-hybridized carbons (Fsp3) is 0.538. The molecule has 0 N–H and O–H groups in total. The van der Waals surface area contributed by atoms with Gasteiger partial charge in [-0.1, -0.05) is 29.8 Å². The van der Waals surface area contributed by atoms with Crippen LogP contribution in [0.5, 0.6) is 0 Å². The van der Waals surface area contributed by atoms with Crippen LogP contribution in [0.3, 0.4) is 0 Å². The molecule has 0 amide bonds. The maximum absolute atomic E-state index is 11.1. The molecule has 1 saturated heterocycles. The fourth-order valence-corrected chi connectivity index (χ4v) is 2.61. The summed E-state index contributed by atoms with van der Waals surface area (Å²) in [6, 6.07) is 5.28.